The van der Waals surface area contributed by atoms with E-state index in [0.717, 1.165) is 0 Å². The number of carbonyl (C=O) groups excluding carboxylic acids is 1. The highest BCUT2D eigenvalue weighted by molar-refractivity contribution is 6.43. The maximum Gasteiger partial charge on any atom is 0.586 e. The van der Waals surface area contributed by atoms with Crippen molar-refractivity contribution in [1.29, 1.82) is 0 Å². The number of fused-ring (bicyclic) bond motifs is 1. The zero-order chi connectivity index (χ0) is 22.3. The van der Waals surface area contributed by atoms with E-state index < -0.39 is 18.4 Å². The lowest BCUT2D eigenvalue weighted by molar-refractivity contribution is -0.286. The van der Waals surface area contributed by atoms with Crippen molar-refractivity contribution in [1.82, 2.24) is 10.6 Å². The van der Waals surface area contributed by atoms with Crippen LogP contribution in [0.25, 0.3) is 5.70 Å². The van der Waals surface area contributed by atoms with Crippen molar-refractivity contribution in [2.75, 3.05) is 6.54 Å². The summed E-state index contributed by atoms with van der Waals surface area (Å²) in [7, 11) is 0. The minimum Gasteiger partial charge on any atom is -0.405 e. The maximum absolute atomic E-state index is 13.2. The van der Waals surface area contributed by atoms with Gasteiger partial charge in [-0.15, -0.1) is 8.78 Å². The van der Waals surface area contributed by atoms with Crippen molar-refractivity contribution in [3.05, 3.63) is 41.7 Å². The van der Waals surface area contributed by atoms with E-state index in [0.29, 0.717) is 23.4 Å². The molecule has 0 aliphatic carbocycles. The fourth-order valence-corrected chi connectivity index (χ4v) is 2.68. The van der Waals surface area contributed by atoms with Crippen LogP contribution in [0.1, 0.15) is 31.9 Å². The number of ether oxygens (including phenoxy) is 2. The molecule has 2 aliphatic heterocycles. The third-order valence-corrected chi connectivity index (χ3v) is 3.89. The van der Waals surface area contributed by atoms with E-state index in [1.165, 1.54) is 30.6 Å². The molecule has 1 aromatic carbocycles. The van der Waals surface area contributed by atoms with Gasteiger partial charge in [-0.05, 0) is 43.8 Å². The number of hydrogen-bond acceptors (Lipinski definition) is 7. The van der Waals surface area contributed by atoms with E-state index in [2.05, 4.69) is 30.1 Å². The molecule has 10 heteroatoms. The van der Waals surface area contributed by atoms with Crippen LogP contribution in [0.15, 0.2) is 40.6 Å². The summed E-state index contributed by atoms with van der Waals surface area (Å²) in [6.45, 7) is 7.98. The van der Waals surface area contributed by atoms with Crippen LogP contribution in [-0.4, -0.2) is 36.8 Å². The van der Waals surface area contributed by atoms with Crippen LogP contribution in [-0.2, 0) is 4.79 Å². The zero-order valence-electron chi connectivity index (χ0n) is 17.2. The molecule has 3 rings (SSSR count). The highest BCUT2D eigenvalue weighted by Gasteiger charge is 2.43. The van der Waals surface area contributed by atoms with Gasteiger partial charge in [0.1, 0.15) is 11.9 Å². The van der Waals surface area contributed by atoms with Gasteiger partial charge in [-0.2, -0.15) is 0 Å². The van der Waals surface area contributed by atoms with Crippen LogP contribution >= 0.6 is 0 Å². The topological polar surface area (TPSA) is 110 Å². The predicted molar refractivity (Wildman–Crippen MR) is 112 cm³/mol. The molecule has 1 amide bonds. The van der Waals surface area contributed by atoms with Crippen molar-refractivity contribution >= 4 is 23.5 Å². The van der Waals surface area contributed by atoms with E-state index in [1.807, 2.05) is 13.8 Å². The third kappa shape index (κ3) is 5.34. The molecule has 1 aromatic rings. The lowest BCUT2D eigenvalue weighted by Crippen LogP contribution is -2.47. The first-order chi connectivity index (χ1) is 14.3. The number of aryl methyl sites for hydroxylation is 1. The fourth-order valence-electron chi connectivity index (χ4n) is 2.68. The van der Waals surface area contributed by atoms with Crippen molar-refractivity contribution in [3.63, 3.8) is 0 Å². The molecule has 8 nitrogen and oxygen atoms in total. The van der Waals surface area contributed by atoms with Gasteiger partial charge in [-0.1, -0.05) is 13.8 Å². The molecule has 0 spiro atoms. The fraction of sp³-hybridized carbons (Fsp3) is 0.350. The highest BCUT2D eigenvalue weighted by atomic mass is 19.3. The van der Waals surface area contributed by atoms with Gasteiger partial charge >= 0.3 is 6.29 Å². The van der Waals surface area contributed by atoms with E-state index in [4.69, 9.17) is 5.73 Å². The molecule has 0 saturated heterocycles. The molecule has 162 valence electrons. The smallest absolute Gasteiger partial charge is 0.405 e. The second-order valence-corrected chi connectivity index (χ2v) is 5.93. The summed E-state index contributed by atoms with van der Waals surface area (Å²) in [5.74, 6) is -0.502. The van der Waals surface area contributed by atoms with Gasteiger partial charge < -0.3 is 25.8 Å². The number of nitrogens with zero attached hydrogens (tertiary/aromatic N) is 2. The van der Waals surface area contributed by atoms with E-state index >= 15 is 0 Å². The SMILES string of the molecule is CC.CCN=C(/C=C\N)C(=O)NC1C=NC(c2cc3c(cc2C)OC(F)(F)O3)=CN1. The first-order valence-corrected chi connectivity index (χ1v) is 9.48. The number of hydrogen-bond donors (Lipinski definition) is 3. The van der Waals surface area contributed by atoms with Gasteiger partial charge in [0.25, 0.3) is 5.91 Å². The predicted octanol–water partition coefficient (Wildman–Crippen LogP) is 2.69. The largest absolute Gasteiger partial charge is 0.586 e. The molecular weight excluding hydrogens is 396 g/mol. The quantitative estimate of drug-likeness (QED) is 0.633. The minimum absolute atomic E-state index is 0.0274. The van der Waals surface area contributed by atoms with Gasteiger partial charge in [-0.3, -0.25) is 14.8 Å². The number of aliphatic imine (C=N–C) groups is 2. The number of rotatable bonds is 5. The average Bonchev–Trinajstić information content (AvgIpc) is 3.02. The maximum atomic E-state index is 13.2. The monoisotopic (exact) mass is 421 g/mol. The summed E-state index contributed by atoms with van der Waals surface area (Å²) in [6, 6.07) is 2.90. The van der Waals surface area contributed by atoms with Crippen molar-refractivity contribution < 1.29 is 23.0 Å². The first-order valence-electron chi connectivity index (χ1n) is 9.48. The number of nitrogens with one attached hydrogen (secondary N) is 2. The molecule has 0 bridgehead atoms. The van der Waals surface area contributed by atoms with Gasteiger partial charge in [0.2, 0.25) is 0 Å². The Labute approximate surface area is 173 Å². The third-order valence-electron chi connectivity index (χ3n) is 3.89. The Morgan fingerprint density at radius 2 is 2.03 bits per heavy atom. The molecule has 1 unspecified atom stereocenters. The Morgan fingerprint density at radius 3 is 2.60 bits per heavy atom. The Bertz CT molecular complexity index is 910. The van der Waals surface area contributed by atoms with Crippen molar-refractivity contribution in [2.45, 2.75) is 40.2 Å². The Balaban J connectivity index is 0.00000155. The molecule has 0 aromatic heterocycles. The number of halogens is 2. The van der Waals surface area contributed by atoms with Gasteiger partial charge in [0.15, 0.2) is 11.5 Å². The summed E-state index contributed by atoms with van der Waals surface area (Å²) in [5.41, 5.74) is 7.28. The van der Waals surface area contributed by atoms with Crippen LogP contribution in [0.5, 0.6) is 11.5 Å². The van der Waals surface area contributed by atoms with Crippen LogP contribution < -0.4 is 25.8 Å². The number of alkyl halides is 2. The van der Waals surface area contributed by atoms with Crippen molar-refractivity contribution in [2.24, 2.45) is 15.7 Å². The Hall–Kier alpha value is -3.43. The lowest BCUT2D eigenvalue weighted by atomic mass is 10.0. The summed E-state index contributed by atoms with van der Waals surface area (Å²) in [4.78, 5) is 20.6. The van der Waals surface area contributed by atoms with Crippen LogP contribution in [0.4, 0.5) is 8.78 Å². The zero-order valence-corrected chi connectivity index (χ0v) is 17.2. The van der Waals surface area contributed by atoms with Gasteiger partial charge in [-0.25, -0.2) is 0 Å². The summed E-state index contributed by atoms with van der Waals surface area (Å²) < 4.78 is 35.4. The normalized spacial score (nSPS) is 18.9. The van der Waals surface area contributed by atoms with E-state index in [-0.39, 0.29) is 17.2 Å². The number of carbonyl (C=O) groups is 1. The highest BCUT2D eigenvalue weighted by Crippen LogP contribution is 2.43. The molecule has 4 N–H and O–H groups in total. The number of nitrogens with two attached hydrogens (primary N) is 1. The van der Waals surface area contributed by atoms with E-state index in [1.54, 1.807) is 20.0 Å². The van der Waals surface area contributed by atoms with Crippen LogP contribution in [0, 0.1) is 6.92 Å². The molecule has 0 saturated carbocycles. The molecule has 0 radical (unpaired) electrons. The Morgan fingerprint density at radius 1 is 1.37 bits per heavy atom. The molecule has 2 heterocycles. The van der Waals surface area contributed by atoms with Crippen LogP contribution in [0.3, 0.4) is 0 Å². The first kappa shape index (κ1) is 22.9. The van der Waals surface area contributed by atoms with Gasteiger partial charge in [0, 0.05) is 24.5 Å². The minimum atomic E-state index is -3.68. The Kier molecular flexibility index (Phi) is 7.51. The molecule has 1 atom stereocenters. The molecule has 0 fully saturated rings. The molecule has 2 aliphatic rings. The standard InChI is InChI=1S/C18H19F2N5O3.C2H6/c1-3-22-12(4-5-21)17(26)25-16-9-23-13(8-24-16)11-7-15-14(6-10(11)2)27-18(19,20)28-15;1-2/h4-9,16,24H,3,21H2,1-2H3,(H,25,26);1-2H3/b5-4-,22-12?;. The molecular formula is C20H25F2N5O3. The summed E-state index contributed by atoms with van der Waals surface area (Å²) in [6.07, 6.45) is 1.46. The lowest BCUT2D eigenvalue weighted by Gasteiger charge is -2.20. The summed E-state index contributed by atoms with van der Waals surface area (Å²) >= 11 is 0. The molecule has 30 heavy (non-hydrogen) atoms. The van der Waals surface area contributed by atoms with E-state index in [9.17, 15) is 13.6 Å². The van der Waals surface area contributed by atoms with Crippen molar-refractivity contribution in [3.8, 4) is 11.5 Å². The second kappa shape index (κ2) is 9.86. The number of amides is 1. The average molecular weight is 421 g/mol. The van der Waals surface area contributed by atoms with Crippen LogP contribution in [0.2, 0.25) is 0 Å². The second-order valence-electron chi connectivity index (χ2n) is 5.93. The summed E-state index contributed by atoms with van der Waals surface area (Å²) in [5, 5.41) is 5.68. The number of benzene rings is 1. The van der Waals surface area contributed by atoms with Gasteiger partial charge in [0.05, 0.1) is 5.70 Å².